The minimum absolute atomic E-state index is 0.0571. The van der Waals surface area contributed by atoms with Crippen LogP contribution in [0.2, 0.25) is 0 Å². The molecule has 7 heteroatoms. The molecule has 1 unspecified atom stereocenters. The lowest BCUT2D eigenvalue weighted by Crippen LogP contribution is -2.50. The van der Waals surface area contributed by atoms with Crippen LogP contribution in [0.1, 0.15) is 34.4 Å². The molecule has 0 N–H and O–H groups in total. The number of aryl methyl sites for hydroxylation is 3. The largest absolute Gasteiger partial charge is 0.378 e. The van der Waals surface area contributed by atoms with Gasteiger partial charge in [-0.15, -0.1) is 0 Å². The Morgan fingerprint density at radius 3 is 2.61 bits per heavy atom. The predicted octanol–water partition coefficient (Wildman–Crippen LogP) is 2.38. The first-order chi connectivity index (χ1) is 16.1. The number of carbonyl (C=O) groups excluding carboxylic acids is 1. The van der Waals surface area contributed by atoms with Crippen molar-refractivity contribution in [3.05, 3.63) is 52.3 Å². The van der Waals surface area contributed by atoms with Crippen LogP contribution in [0, 0.1) is 19.8 Å². The van der Waals surface area contributed by atoms with Gasteiger partial charge in [-0.3, -0.25) is 9.69 Å². The first-order valence-electron chi connectivity index (χ1n) is 12.3. The van der Waals surface area contributed by atoms with E-state index in [4.69, 9.17) is 9.72 Å². The fourth-order valence-corrected chi connectivity index (χ4v) is 5.17. The number of anilines is 1. The molecule has 5 rings (SSSR count). The van der Waals surface area contributed by atoms with Gasteiger partial charge < -0.3 is 14.5 Å². The zero-order chi connectivity index (χ0) is 22.8. The van der Waals surface area contributed by atoms with E-state index in [1.54, 1.807) is 0 Å². The van der Waals surface area contributed by atoms with Crippen molar-refractivity contribution in [2.75, 3.05) is 57.4 Å². The van der Waals surface area contributed by atoms with Gasteiger partial charge in [0.15, 0.2) is 0 Å². The van der Waals surface area contributed by atoms with E-state index in [1.807, 2.05) is 6.20 Å². The number of piperazine rings is 1. The fourth-order valence-electron chi connectivity index (χ4n) is 5.17. The number of aromatic nitrogens is 2. The molecule has 2 saturated heterocycles. The van der Waals surface area contributed by atoms with Gasteiger partial charge in [0.05, 0.1) is 13.2 Å². The Morgan fingerprint density at radius 2 is 1.85 bits per heavy atom. The summed E-state index contributed by atoms with van der Waals surface area (Å²) in [5.41, 5.74) is 6.31. The van der Waals surface area contributed by atoms with Gasteiger partial charge in [0.25, 0.3) is 0 Å². The van der Waals surface area contributed by atoms with Crippen LogP contribution < -0.4 is 4.90 Å². The Hall–Kier alpha value is -2.51. The van der Waals surface area contributed by atoms with Crippen molar-refractivity contribution in [1.29, 1.82) is 0 Å². The summed E-state index contributed by atoms with van der Waals surface area (Å²) in [6.07, 6.45) is 4.46. The summed E-state index contributed by atoms with van der Waals surface area (Å²) in [6.45, 7) is 12.0. The highest BCUT2D eigenvalue weighted by atomic mass is 16.5. The molecular formula is C26H35N5O2. The van der Waals surface area contributed by atoms with E-state index in [2.05, 4.69) is 51.7 Å². The second kappa shape index (κ2) is 9.77. The average molecular weight is 450 g/mol. The van der Waals surface area contributed by atoms with Gasteiger partial charge in [0, 0.05) is 63.6 Å². The second-order valence-electron chi connectivity index (χ2n) is 9.70. The Morgan fingerprint density at radius 1 is 1.06 bits per heavy atom. The first-order valence-corrected chi connectivity index (χ1v) is 12.3. The van der Waals surface area contributed by atoms with Crippen LogP contribution >= 0.6 is 0 Å². The SMILES string of the molecule is Cc1ccc(CN2CCN(C(=O)C3CCc4nc(N5CCOCC5)ncc4C3)CC2)cc1C. The van der Waals surface area contributed by atoms with Crippen molar-refractivity contribution in [3.8, 4) is 0 Å². The number of ether oxygens (including phenoxy) is 1. The molecule has 0 bridgehead atoms. The topological polar surface area (TPSA) is 61.8 Å². The van der Waals surface area contributed by atoms with Crippen molar-refractivity contribution in [1.82, 2.24) is 19.8 Å². The average Bonchev–Trinajstić information content (AvgIpc) is 2.86. The molecule has 3 heterocycles. The molecule has 2 aromatic rings. The molecule has 2 aliphatic heterocycles. The number of rotatable bonds is 4. The van der Waals surface area contributed by atoms with E-state index in [-0.39, 0.29) is 5.92 Å². The molecule has 176 valence electrons. The highest BCUT2D eigenvalue weighted by molar-refractivity contribution is 5.79. The highest BCUT2D eigenvalue weighted by Gasteiger charge is 2.31. The molecule has 33 heavy (non-hydrogen) atoms. The van der Waals surface area contributed by atoms with Gasteiger partial charge >= 0.3 is 0 Å². The Kier molecular flexibility index (Phi) is 6.60. The maximum Gasteiger partial charge on any atom is 0.226 e. The van der Waals surface area contributed by atoms with E-state index >= 15 is 0 Å². The molecule has 3 aliphatic rings. The van der Waals surface area contributed by atoms with Gasteiger partial charge in [-0.1, -0.05) is 18.2 Å². The molecule has 1 aromatic heterocycles. The quantitative estimate of drug-likeness (QED) is 0.714. The van der Waals surface area contributed by atoms with E-state index in [9.17, 15) is 4.79 Å². The number of carbonyl (C=O) groups is 1. The molecule has 1 aromatic carbocycles. The van der Waals surface area contributed by atoms with Crippen molar-refractivity contribution >= 4 is 11.9 Å². The van der Waals surface area contributed by atoms with E-state index in [0.29, 0.717) is 5.91 Å². The van der Waals surface area contributed by atoms with E-state index in [0.717, 1.165) is 95.5 Å². The Balaban J connectivity index is 1.15. The second-order valence-corrected chi connectivity index (χ2v) is 9.70. The molecule has 0 radical (unpaired) electrons. The van der Waals surface area contributed by atoms with Crippen LogP contribution in [0.25, 0.3) is 0 Å². The van der Waals surface area contributed by atoms with Crippen LogP contribution in [0.5, 0.6) is 0 Å². The molecular weight excluding hydrogens is 414 g/mol. The molecule has 1 amide bonds. The number of benzene rings is 1. The van der Waals surface area contributed by atoms with Crippen LogP contribution in [0.15, 0.2) is 24.4 Å². The number of hydrogen-bond donors (Lipinski definition) is 0. The summed E-state index contributed by atoms with van der Waals surface area (Å²) < 4.78 is 5.43. The zero-order valence-corrected chi connectivity index (χ0v) is 19.9. The predicted molar refractivity (Wildman–Crippen MR) is 128 cm³/mol. The fraction of sp³-hybridized carbons (Fsp3) is 0.577. The van der Waals surface area contributed by atoms with Gasteiger partial charge in [-0.2, -0.15) is 0 Å². The molecule has 1 aliphatic carbocycles. The Labute approximate surface area is 196 Å². The van der Waals surface area contributed by atoms with Crippen LogP contribution in [0.4, 0.5) is 5.95 Å². The van der Waals surface area contributed by atoms with Crippen molar-refractivity contribution in [2.45, 2.75) is 39.7 Å². The monoisotopic (exact) mass is 449 g/mol. The summed E-state index contributed by atoms with van der Waals surface area (Å²) in [5, 5.41) is 0. The third-order valence-electron chi connectivity index (χ3n) is 7.44. The number of amides is 1. The smallest absolute Gasteiger partial charge is 0.226 e. The summed E-state index contributed by atoms with van der Waals surface area (Å²) in [5.74, 6) is 1.17. The number of hydrogen-bond acceptors (Lipinski definition) is 6. The van der Waals surface area contributed by atoms with Gasteiger partial charge in [0.1, 0.15) is 0 Å². The summed E-state index contributed by atoms with van der Waals surface area (Å²) in [4.78, 5) is 29.4. The van der Waals surface area contributed by atoms with Crippen molar-refractivity contribution < 1.29 is 9.53 Å². The molecule has 0 spiro atoms. The van der Waals surface area contributed by atoms with Crippen LogP contribution in [-0.4, -0.2) is 78.2 Å². The molecule has 7 nitrogen and oxygen atoms in total. The lowest BCUT2D eigenvalue weighted by Gasteiger charge is -2.37. The summed E-state index contributed by atoms with van der Waals surface area (Å²) >= 11 is 0. The van der Waals surface area contributed by atoms with E-state index in [1.165, 1.54) is 16.7 Å². The first kappa shape index (κ1) is 22.3. The lowest BCUT2D eigenvalue weighted by atomic mass is 9.86. The zero-order valence-electron chi connectivity index (χ0n) is 19.9. The number of morpholine rings is 1. The van der Waals surface area contributed by atoms with Crippen molar-refractivity contribution in [2.24, 2.45) is 5.92 Å². The third kappa shape index (κ3) is 5.04. The van der Waals surface area contributed by atoms with Gasteiger partial charge in [-0.25, -0.2) is 9.97 Å². The lowest BCUT2D eigenvalue weighted by molar-refractivity contribution is -0.137. The molecule has 0 saturated carbocycles. The maximum atomic E-state index is 13.3. The minimum Gasteiger partial charge on any atom is -0.378 e. The summed E-state index contributed by atoms with van der Waals surface area (Å²) in [6, 6.07) is 6.73. The highest BCUT2D eigenvalue weighted by Crippen LogP contribution is 2.27. The third-order valence-corrected chi connectivity index (χ3v) is 7.44. The number of nitrogens with zero attached hydrogens (tertiary/aromatic N) is 5. The van der Waals surface area contributed by atoms with Crippen LogP contribution in [-0.2, 0) is 28.9 Å². The van der Waals surface area contributed by atoms with Gasteiger partial charge in [-0.05, 0) is 55.4 Å². The van der Waals surface area contributed by atoms with Crippen molar-refractivity contribution in [3.63, 3.8) is 0 Å². The summed E-state index contributed by atoms with van der Waals surface area (Å²) in [7, 11) is 0. The normalized spacial score (nSPS) is 21.7. The molecule has 1 atom stereocenters. The minimum atomic E-state index is 0.0571. The standard InChI is InChI=1S/C26H35N5O2/c1-19-3-4-21(15-20(19)2)18-29-7-9-30(10-8-29)25(32)22-5-6-24-23(16-22)17-27-26(28-24)31-11-13-33-14-12-31/h3-4,15,17,22H,5-14,16,18H2,1-2H3. The Bertz CT molecular complexity index is 996. The maximum absolute atomic E-state index is 13.3. The number of fused-ring (bicyclic) bond motifs is 1. The van der Waals surface area contributed by atoms with E-state index < -0.39 is 0 Å². The van der Waals surface area contributed by atoms with Gasteiger partial charge in [0.2, 0.25) is 11.9 Å². The molecule has 2 fully saturated rings. The van der Waals surface area contributed by atoms with Crippen LogP contribution in [0.3, 0.4) is 0 Å².